The average molecular weight is 236 g/mol. The fourth-order valence-corrected chi connectivity index (χ4v) is 2.97. The van der Waals surface area contributed by atoms with Crippen LogP contribution in [0.25, 0.3) is 0 Å². The zero-order valence-corrected chi connectivity index (χ0v) is 9.76. The Bertz CT molecular complexity index is 302. The van der Waals surface area contributed by atoms with Gasteiger partial charge in [0.05, 0.1) is 0 Å². The zero-order chi connectivity index (χ0) is 12.8. The second-order valence-corrected chi connectivity index (χ2v) is 5.77. The Balaban J connectivity index is 3.05. The Morgan fingerprint density at radius 3 is 2.25 bits per heavy atom. The van der Waals surface area contributed by atoms with E-state index in [0.717, 1.165) is 0 Å². The minimum absolute atomic E-state index is 0.112. The quantitative estimate of drug-likeness (QED) is 0.773. The first-order chi connectivity index (χ1) is 7.00. The van der Waals surface area contributed by atoms with Gasteiger partial charge < -0.3 is 10.2 Å². The maximum absolute atomic E-state index is 13.5. The van der Waals surface area contributed by atoms with Crippen LogP contribution in [0.3, 0.4) is 0 Å². The zero-order valence-electron chi connectivity index (χ0n) is 9.76. The predicted octanol–water partition coefficient (Wildman–Crippen LogP) is 2.28. The molecular formula is C11H18F2O3. The van der Waals surface area contributed by atoms with Crippen molar-refractivity contribution in [2.75, 3.05) is 0 Å². The normalized spacial score (nSPS) is 34.8. The molecule has 3 nitrogen and oxygen atoms in total. The van der Waals surface area contributed by atoms with Crippen molar-refractivity contribution < 1.29 is 23.8 Å². The van der Waals surface area contributed by atoms with E-state index in [1.807, 2.05) is 0 Å². The summed E-state index contributed by atoms with van der Waals surface area (Å²) in [5.41, 5.74) is -2.90. The van der Waals surface area contributed by atoms with Gasteiger partial charge >= 0.3 is 11.9 Å². The molecule has 0 aromatic carbocycles. The van der Waals surface area contributed by atoms with Crippen molar-refractivity contribution in [1.29, 1.82) is 0 Å². The first kappa shape index (κ1) is 13.4. The van der Waals surface area contributed by atoms with Gasteiger partial charge in [-0.2, -0.15) is 8.78 Å². The number of halogens is 2. The third-order valence-corrected chi connectivity index (χ3v) is 3.21. The highest BCUT2D eigenvalue weighted by atomic mass is 19.3. The highest BCUT2D eigenvalue weighted by molar-refractivity contribution is 5.77. The molecule has 2 N–H and O–H groups in total. The van der Waals surface area contributed by atoms with Crippen LogP contribution in [-0.4, -0.2) is 27.7 Å². The Morgan fingerprint density at radius 1 is 1.38 bits per heavy atom. The molecule has 0 saturated heterocycles. The highest BCUT2D eigenvalue weighted by Crippen LogP contribution is 2.49. The Morgan fingerprint density at radius 2 is 1.88 bits per heavy atom. The molecule has 2 atom stereocenters. The van der Waals surface area contributed by atoms with Gasteiger partial charge in [-0.3, -0.25) is 0 Å². The van der Waals surface area contributed by atoms with E-state index < -0.39 is 22.9 Å². The fraction of sp³-hybridized carbons (Fsp3) is 0.909. The highest BCUT2D eigenvalue weighted by Gasteiger charge is 2.62. The topological polar surface area (TPSA) is 57.5 Å². The van der Waals surface area contributed by atoms with Gasteiger partial charge in [0.25, 0.3) is 0 Å². The summed E-state index contributed by atoms with van der Waals surface area (Å²) in [5, 5.41) is 18.4. The van der Waals surface area contributed by atoms with Crippen LogP contribution < -0.4 is 0 Å². The Hall–Kier alpha value is -0.710. The molecule has 1 fully saturated rings. The molecule has 0 amide bonds. The van der Waals surface area contributed by atoms with Crippen LogP contribution in [0.1, 0.15) is 40.0 Å². The van der Waals surface area contributed by atoms with Crippen LogP contribution >= 0.6 is 0 Å². The smallest absolute Gasteiger partial charge is 0.377 e. The van der Waals surface area contributed by atoms with Crippen molar-refractivity contribution >= 4 is 5.97 Å². The van der Waals surface area contributed by atoms with E-state index in [1.165, 1.54) is 0 Å². The molecule has 0 bridgehead atoms. The van der Waals surface area contributed by atoms with E-state index in [1.54, 1.807) is 20.8 Å². The molecule has 0 heterocycles. The van der Waals surface area contributed by atoms with Crippen molar-refractivity contribution in [1.82, 2.24) is 0 Å². The molecule has 16 heavy (non-hydrogen) atoms. The maximum atomic E-state index is 13.5. The van der Waals surface area contributed by atoms with Crippen molar-refractivity contribution in [3.05, 3.63) is 0 Å². The van der Waals surface area contributed by atoms with Crippen molar-refractivity contribution in [3.63, 3.8) is 0 Å². The predicted molar refractivity (Wildman–Crippen MR) is 54.3 cm³/mol. The standard InChI is InChI=1S/C11H18F2O3/c1-7-4-9(2,3)6-10(16,5-7)11(12,13)8(14)15/h7,16H,4-6H2,1-3H3,(H,14,15). The van der Waals surface area contributed by atoms with Crippen LogP contribution in [-0.2, 0) is 4.79 Å². The fourth-order valence-electron chi connectivity index (χ4n) is 2.97. The summed E-state index contributed by atoms with van der Waals surface area (Å²) >= 11 is 0. The molecule has 2 unspecified atom stereocenters. The maximum Gasteiger partial charge on any atom is 0.377 e. The van der Waals surface area contributed by atoms with Gasteiger partial charge in [0, 0.05) is 0 Å². The number of hydrogen-bond acceptors (Lipinski definition) is 2. The Labute approximate surface area is 93.5 Å². The van der Waals surface area contributed by atoms with Crippen LogP contribution in [0.2, 0.25) is 0 Å². The third-order valence-electron chi connectivity index (χ3n) is 3.21. The minimum atomic E-state index is -4.08. The molecule has 0 aliphatic heterocycles. The lowest BCUT2D eigenvalue weighted by atomic mass is 9.64. The summed E-state index contributed by atoms with van der Waals surface area (Å²) in [7, 11) is 0. The van der Waals surface area contributed by atoms with E-state index in [4.69, 9.17) is 5.11 Å². The lowest BCUT2D eigenvalue weighted by Gasteiger charge is -2.46. The van der Waals surface area contributed by atoms with Crippen molar-refractivity contribution in [3.8, 4) is 0 Å². The van der Waals surface area contributed by atoms with Gasteiger partial charge in [-0.1, -0.05) is 20.8 Å². The number of hydrogen-bond donors (Lipinski definition) is 2. The lowest BCUT2D eigenvalue weighted by molar-refractivity contribution is -0.228. The summed E-state index contributed by atoms with van der Waals surface area (Å²) in [5.74, 6) is -6.45. The molecular weight excluding hydrogens is 218 g/mol. The molecule has 1 aliphatic carbocycles. The van der Waals surface area contributed by atoms with Crippen LogP contribution in [0, 0.1) is 11.3 Å². The molecule has 0 radical (unpaired) electrons. The summed E-state index contributed by atoms with van der Waals surface area (Å²) < 4.78 is 27.0. The van der Waals surface area contributed by atoms with Gasteiger partial charge in [-0.25, -0.2) is 4.79 Å². The van der Waals surface area contributed by atoms with E-state index in [-0.39, 0.29) is 18.8 Å². The van der Waals surface area contributed by atoms with Crippen molar-refractivity contribution in [2.45, 2.75) is 51.6 Å². The lowest BCUT2D eigenvalue weighted by Crippen LogP contribution is -2.58. The number of aliphatic carboxylic acids is 1. The molecule has 0 aromatic rings. The van der Waals surface area contributed by atoms with Gasteiger partial charge in [0.15, 0.2) is 0 Å². The number of carbonyl (C=O) groups is 1. The van der Waals surface area contributed by atoms with E-state index >= 15 is 0 Å². The van der Waals surface area contributed by atoms with E-state index in [0.29, 0.717) is 6.42 Å². The van der Waals surface area contributed by atoms with Gasteiger partial charge in [-0.15, -0.1) is 0 Å². The Kier molecular flexibility index (Phi) is 3.05. The van der Waals surface area contributed by atoms with Crippen LogP contribution in [0.4, 0.5) is 8.78 Å². The summed E-state index contributed by atoms with van der Waals surface area (Å²) in [6, 6.07) is 0. The number of carboxylic acid groups (broad SMARTS) is 1. The summed E-state index contributed by atoms with van der Waals surface area (Å²) in [6.45, 7) is 5.29. The number of aliphatic hydroxyl groups is 1. The molecule has 1 rings (SSSR count). The largest absolute Gasteiger partial charge is 0.477 e. The second-order valence-electron chi connectivity index (χ2n) is 5.77. The summed E-state index contributed by atoms with van der Waals surface area (Å²) in [4.78, 5) is 10.5. The van der Waals surface area contributed by atoms with Crippen LogP contribution in [0.15, 0.2) is 0 Å². The molecule has 5 heteroatoms. The molecule has 0 spiro atoms. The van der Waals surface area contributed by atoms with Gasteiger partial charge in [-0.05, 0) is 30.6 Å². The number of rotatable bonds is 2. The number of carboxylic acids is 1. The third kappa shape index (κ3) is 2.19. The van der Waals surface area contributed by atoms with E-state index in [9.17, 15) is 18.7 Å². The average Bonchev–Trinajstić information content (AvgIpc) is 1.97. The van der Waals surface area contributed by atoms with Gasteiger partial charge in [0.2, 0.25) is 0 Å². The molecule has 1 aliphatic rings. The molecule has 1 saturated carbocycles. The second kappa shape index (κ2) is 3.65. The first-order valence-electron chi connectivity index (χ1n) is 5.34. The molecule has 94 valence electrons. The molecule has 0 aromatic heterocycles. The first-order valence-corrected chi connectivity index (χ1v) is 5.34. The van der Waals surface area contributed by atoms with Gasteiger partial charge in [0.1, 0.15) is 5.60 Å². The van der Waals surface area contributed by atoms with E-state index in [2.05, 4.69) is 0 Å². The SMILES string of the molecule is CC1CC(C)(C)CC(O)(C(F)(F)C(=O)O)C1. The monoisotopic (exact) mass is 236 g/mol. The minimum Gasteiger partial charge on any atom is -0.477 e. The van der Waals surface area contributed by atoms with Crippen LogP contribution in [0.5, 0.6) is 0 Å². The number of alkyl halides is 2. The summed E-state index contributed by atoms with van der Waals surface area (Å²) in [6.07, 6.45) is 0.352. The van der Waals surface area contributed by atoms with Crippen molar-refractivity contribution in [2.24, 2.45) is 11.3 Å².